The normalized spacial score (nSPS) is 11.7. The standard InChI is InChI=1S/C15H13NO3S/c1-19-15-9-5-8-14-13(15)10-11-16(14)20(17,18)12-6-3-2-4-7-12/h2-11H,1H3. The molecule has 0 spiro atoms. The summed E-state index contributed by atoms with van der Waals surface area (Å²) in [6.45, 7) is 0. The number of hydrogen-bond donors (Lipinski definition) is 0. The van der Waals surface area contributed by atoms with E-state index in [1.807, 2.05) is 6.07 Å². The number of aromatic nitrogens is 1. The molecule has 0 atom stereocenters. The molecule has 0 saturated carbocycles. The molecule has 4 nitrogen and oxygen atoms in total. The summed E-state index contributed by atoms with van der Waals surface area (Å²) in [5.74, 6) is 0.657. The van der Waals surface area contributed by atoms with Gasteiger partial charge in [-0.05, 0) is 30.3 Å². The van der Waals surface area contributed by atoms with Gasteiger partial charge in [-0.15, -0.1) is 0 Å². The van der Waals surface area contributed by atoms with Crippen LogP contribution in [-0.4, -0.2) is 19.5 Å². The van der Waals surface area contributed by atoms with Gasteiger partial charge in [0.05, 0.1) is 17.5 Å². The van der Waals surface area contributed by atoms with E-state index in [4.69, 9.17) is 4.74 Å². The van der Waals surface area contributed by atoms with Gasteiger partial charge in [0.25, 0.3) is 10.0 Å². The first kappa shape index (κ1) is 12.7. The van der Waals surface area contributed by atoms with Gasteiger partial charge in [0.1, 0.15) is 5.75 Å². The van der Waals surface area contributed by atoms with Crippen LogP contribution in [0.25, 0.3) is 10.9 Å². The molecule has 0 aliphatic rings. The molecule has 0 amide bonds. The van der Waals surface area contributed by atoms with Gasteiger partial charge in [0, 0.05) is 11.6 Å². The summed E-state index contributed by atoms with van der Waals surface area (Å²) in [7, 11) is -2.02. The molecule has 2 aromatic carbocycles. The van der Waals surface area contributed by atoms with Crippen LogP contribution in [0.1, 0.15) is 0 Å². The summed E-state index contributed by atoms with van der Waals surface area (Å²) in [6, 6.07) is 15.5. The first-order chi connectivity index (χ1) is 9.64. The molecule has 1 aromatic heterocycles. The third-order valence-corrected chi connectivity index (χ3v) is 4.88. The Balaban J connectivity index is 2.26. The second-order valence-corrected chi connectivity index (χ2v) is 6.14. The number of nitrogens with zero attached hydrogens (tertiary/aromatic N) is 1. The fourth-order valence-electron chi connectivity index (χ4n) is 2.21. The quantitative estimate of drug-likeness (QED) is 0.744. The summed E-state index contributed by atoms with van der Waals surface area (Å²) in [6.07, 6.45) is 1.55. The Kier molecular flexibility index (Phi) is 2.99. The molecule has 5 heteroatoms. The van der Waals surface area contributed by atoms with Crippen LogP contribution < -0.4 is 4.74 Å². The van der Waals surface area contributed by atoms with E-state index in [0.29, 0.717) is 11.3 Å². The summed E-state index contributed by atoms with van der Waals surface area (Å²) < 4.78 is 31.8. The number of rotatable bonds is 3. The first-order valence-electron chi connectivity index (χ1n) is 6.09. The molecule has 20 heavy (non-hydrogen) atoms. The molecular formula is C15H13NO3S. The van der Waals surface area contributed by atoms with Gasteiger partial charge >= 0.3 is 0 Å². The van der Waals surface area contributed by atoms with Crippen LogP contribution in [0.15, 0.2) is 65.7 Å². The maximum absolute atomic E-state index is 12.6. The van der Waals surface area contributed by atoms with Crippen LogP contribution in [0, 0.1) is 0 Å². The molecule has 0 saturated heterocycles. The molecule has 0 radical (unpaired) electrons. The van der Waals surface area contributed by atoms with E-state index in [2.05, 4.69) is 0 Å². The third kappa shape index (κ3) is 1.87. The van der Waals surface area contributed by atoms with Crippen molar-refractivity contribution in [3.05, 3.63) is 60.8 Å². The minimum Gasteiger partial charge on any atom is -0.496 e. The number of ether oxygens (including phenoxy) is 1. The number of fused-ring (bicyclic) bond motifs is 1. The highest BCUT2D eigenvalue weighted by atomic mass is 32.2. The lowest BCUT2D eigenvalue weighted by Crippen LogP contribution is -2.11. The third-order valence-electron chi connectivity index (χ3n) is 3.18. The molecule has 102 valence electrons. The van der Waals surface area contributed by atoms with E-state index in [9.17, 15) is 8.42 Å². The van der Waals surface area contributed by atoms with Gasteiger partial charge in [0.15, 0.2) is 0 Å². The van der Waals surface area contributed by atoms with Gasteiger partial charge in [-0.2, -0.15) is 0 Å². The molecule has 0 unspecified atom stereocenters. The van der Waals surface area contributed by atoms with Crippen LogP contribution in [0.5, 0.6) is 5.75 Å². The van der Waals surface area contributed by atoms with E-state index in [-0.39, 0.29) is 4.90 Å². The zero-order valence-corrected chi connectivity index (χ0v) is 11.7. The molecular weight excluding hydrogens is 274 g/mol. The first-order valence-corrected chi connectivity index (χ1v) is 7.53. The van der Waals surface area contributed by atoms with E-state index < -0.39 is 10.0 Å². The van der Waals surface area contributed by atoms with Crippen LogP contribution in [0.3, 0.4) is 0 Å². The molecule has 0 aliphatic heterocycles. The lowest BCUT2D eigenvalue weighted by atomic mass is 10.2. The second kappa shape index (κ2) is 4.68. The Morgan fingerprint density at radius 2 is 1.70 bits per heavy atom. The Morgan fingerprint density at radius 1 is 0.950 bits per heavy atom. The van der Waals surface area contributed by atoms with Crippen molar-refractivity contribution in [2.75, 3.05) is 7.11 Å². The van der Waals surface area contributed by atoms with Gasteiger partial charge in [-0.25, -0.2) is 12.4 Å². The smallest absolute Gasteiger partial charge is 0.268 e. The van der Waals surface area contributed by atoms with Crippen molar-refractivity contribution in [3.63, 3.8) is 0 Å². The monoisotopic (exact) mass is 287 g/mol. The van der Waals surface area contributed by atoms with E-state index in [1.165, 1.54) is 3.97 Å². The lowest BCUT2D eigenvalue weighted by molar-refractivity contribution is 0.420. The minimum absolute atomic E-state index is 0.264. The van der Waals surface area contributed by atoms with E-state index >= 15 is 0 Å². The van der Waals surface area contributed by atoms with Crippen LogP contribution in [0.4, 0.5) is 0 Å². The zero-order valence-electron chi connectivity index (χ0n) is 10.9. The SMILES string of the molecule is COc1cccc2c1ccn2S(=O)(=O)c1ccccc1. The van der Waals surface area contributed by atoms with Crippen LogP contribution >= 0.6 is 0 Å². The van der Waals surface area contributed by atoms with Gasteiger partial charge < -0.3 is 4.74 Å². The number of methoxy groups -OCH3 is 1. The van der Waals surface area contributed by atoms with Gasteiger partial charge in [0.2, 0.25) is 0 Å². The highest BCUT2D eigenvalue weighted by Gasteiger charge is 2.19. The zero-order chi connectivity index (χ0) is 14.2. The summed E-state index contributed by atoms with van der Waals surface area (Å²) >= 11 is 0. The number of benzene rings is 2. The van der Waals surface area contributed by atoms with Gasteiger partial charge in [-0.1, -0.05) is 24.3 Å². The highest BCUT2D eigenvalue weighted by molar-refractivity contribution is 7.90. The topological polar surface area (TPSA) is 48.3 Å². The summed E-state index contributed by atoms with van der Waals surface area (Å²) in [5, 5.41) is 0.773. The molecule has 0 N–H and O–H groups in total. The average Bonchev–Trinajstić information content (AvgIpc) is 2.92. The maximum atomic E-state index is 12.6. The van der Waals surface area contributed by atoms with Crippen molar-refractivity contribution in [1.82, 2.24) is 3.97 Å². The fourth-order valence-corrected chi connectivity index (χ4v) is 3.58. The summed E-state index contributed by atoms with van der Waals surface area (Å²) in [5.41, 5.74) is 0.605. The molecule has 3 rings (SSSR count). The Hall–Kier alpha value is -2.27. The Morgan fingerprint density at radius 3 is 2.40 bits per heavy atom. The predicted octanol–water partition coefficient (Wildman–Crippen LogP) is 2.89. The molecule has 0 bridgehead atoms. The van der Waals surface area contributed by atoms with Gasteiger partial charge in [-0.3, -0.25) is 0 Å². The van der Waals surface area contributed by atoms with Crippen LogP contribution in [-0.2, 0) is 10.0 Å². The van der Waals surface area contributed by atoms with Crippen molar-refractivity contribution in [2.24, 2.45) is 0 Å². The maximum Gasteiger partial charge on any atom is 0.268 e. The largest absolute Gasteiger partial charge is 0.496 e. The Bertz CT molecular complexity index is 851. The van der Waals surface area contributed by atoms with Crippen molar-refractivity contribution in [3.8, 4) is 5.75 Å². The second-order valence-electron chi connectivity index (χ2n) is 4.32. The lowest BCUT2D eigenvalue weighted by Gasteiger charge is -2.08. The van der Waals surface area contributed by atoms with Crippen molar-refractivity contribution in [1.29, 1.82) is 0 Å². The fraction of sp³-hybridized carbons (Fsp3) is 0.0667. The molecule has 1 heterocycles. The Labute approximate surface area is 117 Å². The summed E-state index contributed by atoms with van der Waals surface area (Å²) in [4.78, 5) is 0.264. The minimum atomic E-state index is -3.59. The van der Waals surface area contributed by atoms with Crippen molar-refractivity contribution < 1.29 is 13.2 Å². The molecule has 3 aromatic rings. The molecule has 0 aliphatic carbocycles. The number of hydrogen-bond acceptors (Lipinski definition) is 3. The highest BCUT2D eigenvalue weighted by Crippen LogP contribution is 2.28. The molecule has 0 fully saturated rings. The average molecular weight is 287 g/mol. The van der Waals surface area contributed by atoms with Crippen molar-refractivity contribution >= 4 is 20.9 Å². The van der Waals surface area contributed by atoms with E-state index in [0.717, 1.165) is 5.39 Å². The van der Waals surface area contributed by atoms with E-state index in [1.54, 1.807) is 61.8 Å². The van der Waals surface area contributed by atoms with Crippen LogP contribution in [0.2, 0.25) is 0 Å². The predicted molar refractivity (Wildman–Crippen MR) is 77.5 cm³/mol. The van der Waals surface area contributed by atoms with Crippen molar-refractivity contribution in [2.45, 2.75) is 4.90 Å².